The number of rotatable bonds is 7. The van der Waals surface area contributed by atoms with E-state index in [1.165, 1.54) is 0 Å². The van der Waals surface area contributed by atoms with Gasteiger partial charge in [0.1, 0.15) is 11.5 Å². The molecule has 0 unspecified atom stereocenters. The molecule has 1 aromatic rings. The van der Waals surface area contributed by atoms with Crippen LogP contribution in [0.15, 0.2) is 23.2 Å². The van der Waals surface area contributed by atoms with E-state index in [4.69, 9.17) is 4.74 Å². The Bertz CT molecular complexity index is 438. The molecular formula is C14H23N3O2S. The average Bonchev–Trinajstić information content (AvgIpc) is 2.46. The van der Waals surface area contributed by atoms with Crippen LogP contribution in [0.2, 0.25) is 0 Å². The SMILES string of the molecule is CCNC(=NCc1cc(OC)ccc1O)NCCSC. The molecule has 0 saturated carbocycles. The Kier molecular flexibility index (Phi) is 7.72. The Morgan fingerprint density at radius 2 is 2.20 bits per heavy atom. The molecule has 0 amide bonds. The van der Waals surface area contributed by atoms with E-state index in [0.29, 0.717) is 12.3 Å². The van der Waals surface area contributed by atoms with Gasteiger partial charge in [-0.3, -0.25) is 0 Å². The number of ether oxygens (including phenoxy) is 1. The lowest BCUT2D eigenvalue weighted by molar-refractivity contribution is 0.411. The summed E-state index contributed by atoms with van der Waals surface area (Å²) in [4.78, 5) is 4.46. The van der Waals surface area contributed by atoms with E-state index < -0.39 is 0 Å². The standard InChI is InChI=1S/C14H23N3O2S/c1-4-15-14(16-7-8-20-3)17-10-11-9-12(19-2)5-6-13(11)18/h5-6,9,18H,4,7-8,10H2,1-3H3,(H2,15,16,17). The number of aliphatic imine (C=N–C) groups is 1. The van der Waals surface area contributed by atoms with E-state index in [-0.39, 0.29) is 5.75 Å². The van der Waals surface area contributed by atoms with Gasteiger partial charge in [-0.2, -0.15) is 11.8 Å². The Hall–Kier alpha value is -1.56. The highest BCUT2D eigenvalue weighted by molar-refractivity contribution is 7.98. The van der Waals surface area contributed by atoms with Crippen LogP contribution in [-0.4, -0.2) is 43.3 Å². The fourth-order valence-electron chi connectivity index (χ4n) is 1.59. The molecule has 0 aliphatic rings. The second kappa shape index (κ2) is 9.36. The maximum Gasteiger partial charge on any atom is 0.191 e. The minimum Gasteiger partial charge on any atom is -0.508 e. The van der Waals surface area contributed by atoms with Gasteiger partial charge < -0.3 is 20.5 Å². The Labute approximate surface area is 124 Å². The molecule has 0 aromatic heterocycles. The summed E-state index contributed by atoms with van der Waals surface area (Å²) < 4.78 is 5.15. The van der Waals surface area contributed by atoms with Crippen molar-refractivity contribution < 1.29 is 9.84 Å². The predicted octanol–water partition coefficient (Wildman–Crippen LogP) is 1.82. The van der Waals surface area contributed by atoms with Gasteiger partial charge in [-0.15, -0.1) is 0 Å². The topological polar surface area (TPSA) is 65.9 Å². The number of methoxy groups -OCH3 is 1. The van der Waals surface area contributed by atoms with E-state index >= 15 is 0 Å². The molecular weight excluding hydrogens is 274 g/mol. The van der Waals surface area contributed by atoms with Crippen LogP contribution in [0.5, 0.6) is 11.5 Å². The van der Waals surface area contributed by atoms with Crippen LogP contribution in [0.3, 0.4) is 0 Å². The summed E-state index contributed by atoms with van der Waals surface area (Å²) in [5, 5.41) is 16.2. The zero-order valence-electron chi connectivity index (χ0n) is 12.3. The first-order valence-corrected chi connectivity index (χ1v) is 7.97. The number of benzene rings is 1. The smallest absolute Gasteiger partial charge is 0.191 e. The van der Waals surface area contributed by atoms with Crippen molar-refractivity contribution in [1.29, 1.82) is 0 Å². The molecule has 0 aliphatic carbocycles. The van der Waals surface area contributed by atoms with Gasteiger partial charge in [-0.25, -0.2) is 4.99 Å². The molecule has 6 heteroatoms. The first kappa shape index (κ1) is 16.5. The third-order valence-electron chi connectivity index (χ3n) is 2.64. The highest BCUT2D eigenvalue weighted by Crippen LogP contribution is 2.23. The number of hydrogen-bond donors (Lipinski definition) is 3. The maximum atomic E-state index is 9.82. The molecule has 1 aromatic carbocycles. The van der Waals surface area contributed by atoms with Gasteiger partial charge >= 0.3 is 0 Å². The van der Waals surface area contributed by atoms with Crippen LogP contribution in [-0.2, 0) is 6.54 Å². The Balaban J connectivity index is 2.70. The van der Waals surface area contributed by atoms with Gasteiger partial charge in [0.25, 0.3) is 0 Å². The molecule has 0 aliphatic heterocycles. The number of hydrogen-bond acceptors (Lipinski definition) is 4. The van der Waals surface area contributed by atoms with Crippen molar-refractivity contribution in [3.63, 3.8) is 0 Å². The van der Waals surface area contributed by atoms with Crippen molar-refractivity contribution in [3.8, 4) is 11.5 Å². The van der Waals surface area contributed by atoms with E-state index in [1.807, 2.05) is 6.92 Å². The number of aromatic hydroxyl groups is 1. The highest BCUT2D eigenvalue weighted by atomic mass is 32.2. The first-order valence-electron chi connectivity index (χ1n) is 6.58. The molecule has 20 heavy (non-hydrogen) atoms. The lowest BCUT2D eigenvalue weighted by atomic mass is 10.2. The summed E-state index contributed by atoms with van der Waals surface area (Å²) in [7, 11) is 1.60. The summed E-state index contributed by atoms with van der Waals surface area (Å²) in [5.41, 5.74) is 0.742. The Morgan fingerprint density at radius 3 is 2.85 bits per heavy atom. The molecule has 0 atom stereocenters. The van der Waals surface area contributed by atoms with Gasteiger partial charge in [0, 0.05) is 24.4 Å². The van der Waals surface area contributed by atoms with E-state index in [9.17, 15) is 5.11 Å². The van der Waals surface area contributed by atoms with Crippen molar-refractivity contribution >= 4 is 17.7 Å². The summed E-state index contributed by atoms with van der Waals surface area (Å²) >= 11 is 1.78. The van der Waals surface area contributed by atoms with Gasteiger partial charge in [-0.1, -0.05) is 0 Å². The second-order valence-corrected chi connectivity index (χ2v) is 5.09. The first-order chi connectivity index (χ1) is 9.71. The van der Waals surface area contributed by atoms with Gasteiger partial charge in [0.2, 0.25) is 0 Å². The number of phenols is 1. The molecule has 0 bridgehead atoms. The average molecular weight is 297 g/mol. The zero-order valence-corrected chi connectivity index (χ0v) is 13.1. The van der Waals surface area contributed by atoms with Gasteiger partial charge in [0.05, 0.1) is 13.7 Å². The third-order valence-corrected chi connectivity index (χ3v) is 3.25. The largest absolute Gasteiger partial charge is 0.508 e. The van der Waals surface area contributed by atoms with Crippen molar-refractivity contribution in [2.75, 3.05) is 32.2 Å². The lowest BCUT2D eigenvalue weighted by Gasteiger charge is -2.11. The molecule has 0 fully saturated rings. The number of nitrogens with one attached hydrogen (secondary N) is 2. The van der Waals surface area contributed by atoms with Crippen LogP contribution in [0.4, 0.5) is 0 Å². The molecule has 0 heterocycles. The molecule has 1 rings (SSSR count). The zero-order chi connectivity index (χ0) is 14.8. The number of guanidine groups is 1. The fraction of sp³-hybridized carbons (Fsp3) is 0.500. The van der Waals surface area contributed by atoms with Crippen molar-refractivity contribution in [1.82, 2.24) is 10.6 Å². The summed E-state index contributed by atoms with van der Waals surface area (Å²) in [6.07, 6.45) is 2.07. The summed E-state index contributed by atoms with van der Waals surface area (Å²) in [6.45, 7) is 4.08. The normalized spacial score (nSPS) is 11.2. The summed E-state index contributed by atoms with van der Waals surface area (Å²) in [5.74, 6) is 2.72. The highest BCUT2D eigenvalue weighted by Gasteiger charge is 2.03. The second-order valence-electron chi connectivity index (χ2n) is 4.11. The molecule has 5 nitrogen and oxygen atoms in total. The van der Waals surface area contributed by atoms with E-state index in [2.05, 4.69) is 21.9 Å². The minimum absolute atomic E-state index is 0.231. The third kappa shape index (κ3) is 5.61. The number of phenolic OH excluding ortho intramolecular Hbond substituents is 1. The van der Waals surface area contributed by atoms with Crippen LogP contribution in [0.25, 0.3) is 0 Å². The van der Waals surface area contributed by atoms with Crippen LogP contribution in [0, 0.1) is 0 Å². The van der Waals surface area contributed by atoms with Crippen molar-refractivity contribution in [2.45, 2.75) is 13.5 Å². The maximum absolute atomic E-state index is 9.82. The van der Waals surface area contributed by atoms with Crippen LogP contribution in [0.1, 0.15) is 12.5 Å². The number of thioether (sulfide) groups is 1. The fourth-order valence-corrected chi connectivity index (χ4v) is 1.90. The number of nitrogens with zero attached hydrogens (tertiary/aromatic N) is 1. The van der Waals surface area contributed by atoms with E-state index in [0.717, 1.165) is 30.4 Å². The van der Waals surface area contributed by atoms with E-state index in [1.54, 1.807) is 37.1 Å². The minimum atomic E-state index is 0.231. The Morgan fingerprint density at radius 1 is 1.40 bits per heavy atom. The lowest BCUT2D eigenvalue weighted by Crippen LogP contribution is -2.38. The van der Waals surface area contributed by atoms with Crippen LogP contribution < -0.4 is 15.4 Å². The summed E-state index contributed by atoms with van der Waals surface area (Å²) in [6, 6.07) is 5.15. The molecule has 0 saturated heterocycles. The quantitative estimate of drug-likeness (QED) is 0.407. The van der Waals surface area contributed by atoms with Crippen molar-refractivity contribution in [2.24, 2.45) is 4.99 Å². The molecule has 0 spiro atoms. The molecule has 3 N–H and O–H groups in total. The van der Waals surface area contributed by atoms with Gasteiger partial charge in [-0.05, 0) is 31.4 Å². The van der Waals surface area contributed by atoms with Crippen LogP contribution >= 0.6 is 11.8 Å². The predicted molar refractivity (Wildman–Crippen MR) is 85.9 cm³/mol. The van der Waals surface area contributed by atoms with Crippen molar-refractivity contribution in [3.05, 3.63) is 23.8 Å². The van der Waals surface area contributed by atoms with Gasteiger partial charge in [0.15, 0.2) is 5.96 Å². The molecule has 112 valence electrons. The monoisotopic (exact) mass is 297 g/mol. The molecule has 0 radical (unpaired) electrons.